The van der Waals surface area contributed by atoms with Gasteiger partial charge in [-0.25, -0.2) is 9.59 Å². The van der Waals surface area contributed by atoms with Gasteiger partial charge in [-0.3, -0.25) is 0 Å². The van der Waals surface area contributed by atoms with Crippen LogP contribution in [0.2, 0.25) is 0 Å². The van der Waals surface area contributed by atoms with Crippen molar-refractivity contribution in [3.8, 4) is 0 Å². The van der Waals surface area contributed by atoms with Gasteiger partial charge in [-0.15, -0.1) is 0 Å². The second kappa shape index (κ2) is 13.7. The quantitative estimate of drug-likeness (QED) is 0.121. The van der Waals surface area contributed by atoms with E-state index in [1.807, 2.05) is 0 Å². The number of aliphatic hydroxyl groups is 5. The zero-order valence-corrected chi connectivity index (χ0v) is 25.2. The number of aliphatic carboxylic acids is 2. The molecule has 0 amide bonds. The average Bonchev–Trinajstić information content (AvgIpc) is 3.02. The number of hydrogen-bond acceptors (Lipinski definition) is 18. The van der Waals surface area contributed by atoms with Crippen molar-refractivity contribution in [2.75, 3.05) is 34.0 Å². The van der Waals surface area contributed by atoms with Crippen molar-refractivity contribution >= 4 is 11.9 Å². The van der Waals surface area contributed by atoms with E-state index in [9.17, 15) is 45.3 Å². The first-order valence-electron chi connectivity index (χ1n) is 14.4. The van der Waals surface area contributed by atoms with Gasteiger partial charge in [-0.2, -0.15) is 0 Å². The predicted molar refractivity (Wildman–Crippen MR) is 138 cm³/mol. The highest BCUT2D eigenvalue weighted by Crippen LogP contribution is 2.39. The van der Waals surface area contributed by atoms with E-state index >= 15 is 0 Å². The number of carbonyl (C=O) groups is 2. The minimum atomic E-state index is -2.20. The fourth-order valence-corrected chi connectivity index (χ4v) is 6.01. The molecule has 20 nitrogen and oxygen atoms in total. The fourth-order valence-electron chi connectivity index (χ4n) is 6.01. The van der Waals surface area contributed by atoms with Crippen LogP contribution in [0.25, 0.3) is 0 Å². The molecular formula is C26H40O20. The van der Waals surface area contributed by atoms with E-state index in [0.717, 1.165) is 6.92 Å². The number of fused-ring (bicyclic) bond motifs is 2. The molecule has 5 aliphatic heterocycles. The van der Waals surface area contributed by atoms with Crippen LogP contribution in [-0.2, 0) is 61.7 Å². The van der Waals surface area contributed by atoms with Crippen LogP contribution < -0.4 is 0 Å². The Hall–Kier alpha value is -1.70. The van der Waals surface area contributed by atoms with Crippen LogP contribution in [0.3, 0.4) is 0 Å². The van der Waals surface area contributed by atoms with Crippen LogP contribution >= 0.6 is 0 Å². The molecule has 5 heterocycles. The summed E-state index contributed by atoms with van der Waals surface area (Å²) in [6, 6.07) is 0. The molecule has 264 valence electrons. The van der Waals surface area contributed by atoms with Crippen molar-refractivity contribution in [2.45, 2.75) is 118 Å². The Bertz CT molecular complexity index is 1090. The Morgan fingerprint density at radius 2 is 1.15 bits per heavy atom. The van der Waals surface area contributed by atoms with Crippen molar-refractivity contribution in [1.29, 1.82) is 0 Å². The molecule has 20 heteroatoms. The molecule has 5 saturated heterocycles. The number of aliphatic hydroxyl groups excluding tert-OH is 5. The smallest absolute Gasteiger partial charge is 0.364 e. The molecule has 5 aliphatic rings. The minimum absolute atomic E-state index is 0.317. The molecule has 17 atom stereocenters. The first kappa shape index (κ1) is 35.6. The van der Waals surface area contributed by atoms with Crippen LogP contribution in [0.4, 0.5) is 0 Å². The van der Waals surface area contributed by atoms with E-state index in [-0.39, 0.29) is 6.61 Å². The summed E-state index contributed by atoms with van der Waals surface area (Å²) >= 11 is 0. The molecule has 5 fully saturated rings. The molecule has 0 aromatic rings. The molecule has 0 bridgehead atoms. The predicted octanol–water partition coefficient (Wildman–Crippen LogP) is -4.54. The van der Waals surface area contributed by atoms with Gasteiger partial charge < -0.3 is 87.9 Å². The van der Waals surface area contributed by atoms with E-state index in [1.165, 1.54) is 21.1 Å². The second-order valence-corrected chi connectivity index (χ2v) is 11.7. The summed E-state index contributed by atoms with van der Waals surface area (Å²) in [7, 11) is 2.46. The van der Waals surface area contributed by atoms with Gasteiger partial charge in [0, 0.05) is 28.1 Å². The third-order valence-electron chi connectivity index (χ3n) is 8.68. The normalized spacial score (nSPS) is 51.1. The Kier molecular flexibility index (Phi) is 10.6. The van der Waals surface area contributed by atoms with Gasteiger partial charge in [0.15, 0.2) is 18.9 Å². The zero-order chi connectivity index (χ0) is 33.7. The standard InChI is InChI=1S/C26H40O20/c1-25(23(32)33)38-6-9-16(45-25)18(36-3)13(30)21(41-9)44-19-14(31)22(42-10-7-39-26(2,24(34)35)46-17(10)19)43-15-8(5-27)40-20(37-4)12(29)11(15)28/h8-22,27-31H,5-7H2,1-4H3,(H,32,33)(H,34,35)/t8-,9-,10-,11-,12-,13-,14-,15-,16-,17-,18-,19-,20-,21+,22+,25+,26+/m1/s1. The van der Waals surface area contributed by atoms with E-state index in [0.29, 0.717) is 0 Å². The third-order valence-corrected chi connectivity index (χ3v) is 8.68. The average molecular weight is 673 g/mol. The SMILES string of the molecule is CO[C@@H]1O[C@H](CO)[C@@H](O[C@@H]2O[C@@H]3CO[C@](C)(C(=O)O)O[C@H]3[C@H](O[C@@H]3O[C@@H]4CO[C@](C)(C(=O)O)O[C@H]4[C@H](OC)[C@H]3O)[C@H]2O)[C@H](O)[C@H]1O. The molecule has 0 saturated carbocycles. The molecule has 0 aromatic heterocycles. The van der Waals surface area contributed by atoms with Gasteiger partial charge >= 0.3 is 11.9 Å². The van der Waals surface area contributed by atoms with Gasteiger partial charge in [0.05, 0.1) is 19.8 Å². The summed E-state index contributed by atoms with van der Waals surface area (Å²) in [4.78, 5) is 23.7. The lowest BCUT2D eigenvalue weighted by Gasteiger charge is -2.53. The molecule has 0 aliphatic carbocycles. The van der Waals surface area contributed by atoms with Crippen LogP contribution in [0.1, 0.15) is 13.8 Å². The molecule has 0 aromatic carbocycles. The van der Waals surface area contributed by atoms with Gasteiger partial charge in [-0.05, 0) is 0 Å². The highest BCUT2D eigenvalue weighted by molar-refractivity contribution is 5.75. The zero-order valence-electron chi connectivity index (χ0n) is 25.2. The number of rotatable bonds is 9. The highest BCUT2D eigenvalue weighted by Gasteiger charge is 2.60. The molecule has 0 spiro atoms. The number of carboxylic acids is 2. The van der Waals surface area contributed by atoms with E-state index in [1.54, 1.807) is 0 Å². The fraction of sp³-hybridized carbons (Fsp3) is 0.923. The molecular weight excluding hydrogens is 632 g/mol. The summed E-state index contributed by atoms with van der Waals surface area (Å²) < 4.78 is 61.6. The monoisotopic (exact) mass is 672 g/mol. The Morgan fingerprint density at radius 3 is 1.61 bits per heavy atom. The van der Waals surface area contributed by atoms with Gasteiger partial charge in [0.2, 0.25) is 0 Å². The Labute approximate surface area is 261 Å². The van der Waals surface area contributed by atoms with Crippen LogP contribution in [0, 0.1) is 0 Å². The maximum absolute atomic E-state index is 12.0. The number of carboxylic acid groups (broad SMARTS) is 2. The van der Waals surface area contributed by atoms with E-state index in [4.69, 9.17) is 52.1 Å². The summed E-state index contributed by atoms with van der Waals surface area (Å²) in [5.74, 6) is -7.18. The van der Waals surface area contributed by atoms with Gasteiger partial charge in [0.1, 0.15) is 73.2 Å². The van der Waals surface area contributed by atoms with Crippen LogP contribution in [0.15, 0.2) is 0 Å². The number of methoxy groups -OCH3 is 2. The lowest BCUT2D eigenvalue weighted by Crippen LogP contribution is -2.71. The molecule has 46 heavy (non-hydrogen) atoms. The van der Waals surface area contributed by atoms with E-state index in [2.05, 4.69) is 0 Å². The maximum Gasteiger partial charge on any atom is 0.364 e. The summed E-state index contributed by atoms with van der Waals surface area (Å²) in [5.41, 5.74) is 0. The first-order valence-corrected chi connectivity index (χ1v) is 14.4. The molecule has 7 N–H and O–H groups in total. The molecule has 0 radical (unpaired) electrons. The maximum atomic E-state index is 12.0. The van der Waals surface area contributed by atoms with Gasteiger partial charge in [0.25, 0.3) is 11.6 Å². The topological polar surface area (TPSA) is 277 Å². The van der Waals surface area contributed by atoms with Gasteiger partial charge in [-0.1, -0.05) is 0 Å². The molecule has 5 rings (SSSR count). The highest BCUT2D eigenvalue weighted by atomic mass is 16.8. The Balaban J connectivity index is 1.40. The van der Waals surface area contributed by atoms with Crippen molar-refractivity contribution in [1.82, 2.24) is 0 Å². The van der Waals surface area contributed by atoms with Crippen molar-refractivity contribution < 1.29 is 97.4 Å². The van der Waals surface area contributed by atoms with Crippen LogP contribution in [0.5, 0.6) is 0 Å². The van der Waals surface area contributed by atoms with Crippen molar-refractivity contribution in [3.05, 3.63) is 0 Å². The number of ether oxygens (including phenoxy) is 11. The summed E-state index contributed by atoms with van der Waals surface area (Å²) in [5, 5.41) is 73.1. The Morgan fingerprint density at radius 1 is 0.674 bits per heavy atom. The summed E-state index contributed by atoms with van der Waals surface area (Å²) in [6.45, 7) is 0.886. The van der Waals surface area contributed by atoms with Crippen molar-refractivity contribution in [3.63, 3.8) is 0 Å². The minimum Gasteiger partial charge on any atom is -0.477 e. The number of hydrogen-bond donors (Lipinski definition) is 7. The first-order chi connectivity index (χ1) is 21.7. The van der Waals surface area contributed by atoms with Crippen molar-refractivity contribution in [2.24, 2.45) is 0 Å². The third kappa shape index (κ3) is 6.39. The lowest BCUT2D eigenvalue weighted by molar-refractivity contribution is -0.423. The molecule has 0 unspecified atom stereocenters. The second-order valence-electron chi connectivity index (χ2n) is 11.7. The largest absolute Gasteiger partial charge is 0.477 e. The van der Waals surface area contributed by atoms with E-state index < -0.39 is 129 Å². The summed E-state index contributed by atoms with van der Waals surface area (Å²) in [6.07, 6.45) is -21.7. The van der Waals surface area contributed by atoms with Crippen LogP contribution in [-0.4, -0.2) is 185 Å². The lowest BCUT2D eigenvalue weighted by atomic mass is 9.94.